The lowest BCUT2D eigenvalue weighted by Crippen LogP contribution is -2.49. The Hall–Kier alpha value is -1.32. The number of ketones is 1. The number of carbonyl (C=O) groups is 2. The van der Waals surface area contributed by atoms with Gasteiger partial charge in [-0.3, -0.25) is 9.69 Å². The van der Waals surface area contributed by atoms with Crippen LogP contribution in [0.25, 0.3) is 0 Å². The van der Waals surface area contributed by atoms with Gasteiger partial charge in [0, 0.05) is 6.54 Å². The number of piperidine rings is 1. The molecule has 1 aliphatic heterocycles. The van der Waals surface area contributed by atoms with Crippen molar-refractivity contribution in [3.8, 4) is 0 Å². The van der Waals surface area contributed by atoms with E-state index in [0.29, 0.717) is 13.0 Å². The maximum absolute atomic E-state index is 12.0. The Morgan fingerprint density at radius 1 is 1.35 bits per heavy atom. The van der Waals surface area contributed by atoms with E-state index < -0.39 is 17.7 Å². The van der Waals surface area contributed by atoms with Crippen LogP contribution in [0, 0.1) is 0 Å². The Balaban J connectivity index is 2.74. The SMILES string of the molecule is C=CC(=O)[C@@H]1CCCCN1C(=O)OC(C)(C)C. The molecule has 1 saturated heterocycles. The Morgan fingerprint density at radius 3 is 2.53 bits per heavy atom. The van der Waals surface area contributed by atoms with E-state index in [-0.39, 0.29) is 5.78 Å². The van der Waals surface area contributed by atoms with Gasteiger partial charge < -0.3 is 4.74 Å². The van der Waals surface area contributed by atoms with Gasteiger partial charge >= 0.3 is 6.09 Å². The van der Waals surface area contributed by atoms with Crippen molar-refractivity contribution >= 4 is 11.9 Å². The molecule has 0 aromatic heterocycles. The van der Waals surface area contributed by atoms with Crippen molar-refractivity contribution < 1.29 is 14.3 Å². The molecular weight excluding hydrogens is 218 g/mol. The van der Waals surface area contributed by atoms with Gasteiger partial charge in [-0.15, -0.1) is 0 Å². The van der Waals surface area contributed by atoms with Crippen LogP contribution in [0.4, 0.5) is 4.79 Å². The minimum absolute atomic E-state index is 0.101. The predicted molar refractivity (Wildman–Crippen MR) is 65.8 cm³/mol. The molecular formula is C13H21NO3. The van der Waals surface area contributed by atoms with Crippen LogP contribution in [-0.2, 0) is 9.53 Å². The van der Waals surface area contributed by atoms with E-state index in [0.717, 1.165) is 12.8 Å². The molecule has 0 spiro atoms. The van der Waals surface area contributed by atoms with E-state index in [9.17, 15) is 9.59 Å². The zero-order valence-corrected chi connectivity index (χ0v) is 10.9. The molecule has 4 nitrogen and oxygen atoms in total. The molecule has 1 fully saturated rings. The third kappa shape index (κ3) is 3.88. The molecule has 1 heterocycles. The first kappa shape index (κ1) is 13.7. The second kappa shape index (κ2) is 5.34. The number of likely N-dealkylation sites (tertiary alicyclic amines) is 1. The molecule has 0 radical (unpaired) electrons. The fourth-order valence-electron chi connectivity index (χ4n) is 1.90. The van der Waals surface area contributed by atoms with Crippen molar-refractivity contribution in [3.63, 3.8) is 0 Å². The molecule has 17 heavy (non-hydrogen) atoms. The van der Waals surface area contributed by atoms with Crippen molar-refractivity contribution in [2.45, 2.75) is 51.7 Å². The molecule has 1 atom stereocenters. The van der Waals surface area contributed by atoms with Gasteiger partial charge in [0.15, 0.2) is 5.78 Å². The highest BCUT2D eigenvalue weighted by Gasteiger charge is 2.33. The van der Waals surface area contributed by atoms with Gasteiger partial charge in [0.05, 0.1) is 6.04 Å². The first-order chi connectivity index (χ1) is 7.85. The van der Waals surface area contributed by atoms with Crippen molar-refractivity contribution in [2.24, 2.45) is 0 Å². The van der Waals surface area contributed by atoms with Crippen LogP contribution < -0.4 is 0 Å². The highest BCUT2D eigenvalue weighted by atomic mass is 16.6. The van der Waals surface area contributed by atoms with Crippen molar-refractivity contribution in [1.82, 2.24) is 4.90 Å². The fraction of sp³-hybridized carbons (Fsp3) is 0.692. The van der Waals surface area contributed by atoms with Crippen LogP contribution in [0.3, 0.4) is 0 Å². The molecule has 1 amide bonds. The molecule has 0 aromatic rings. The summed E-state index contributed by atoms with van der Waals surface area (Å²) < 4.78 is 5.30. The minimum Gasteiger partial charge on any atom is -0.444 e. The molecule has 0 aliphatic carbocycles. The largest absolute Gasteiger partial charge is 0.444 e. The van der Waals surface area contributed by atoms with E-state index in [4.69, 9.17) is 4.74 Å². The summed E-state index contributed by atoms with van der Waals surface area (Å²) in [4.78, 5) is 25.2. The summed E-state index contributed by atoms with van der Waals surface area (Å²) in [6.45, 7) is 9.51. The Kier molecular flexibility index (Phi) is 4.32. The maximum Gasteiger partial charge on any atom is 0.410 e. The summed E-state index contributed by atoms with van der Waals surface area (Å²) in [5.41, 5.74) is -0.531. The topological polar surface area (TPSA) is 46.6 Å². The summed E-state index contributed by atoms with van der Waals surface area (Å²) in [6.07, 6.45) is 3.46. The quantitative estimate of drug-likeness (QED) is 0.696. The predicted octanol–water partition coefficient (Wildman–Crippen LogP) is 2.53. The number of nitrogens with zero attached hydrogens (tertiary/aromatic N) is 1. The average molecular weight is 239 g/mol. The van der Waals surface area contributed by atoms with E-state index in [1.807, 2.05) is 20.8 Å². The van der Waals surface area contributed by atoms with Crippen LogP contribution in [0.1, 0.15) is 40.0 Å². The molecule has 0 bridgehead atoms. The highest BCUT2D eigenvalue weighted by molar-refractivity contribution is 5.95. The van der Waals surface area contributed by atoms with Crippen LogP contribution in [-0.4, -0.2) is 35.0 Å². The van der Waals surface area contributed by atoms with Crippen LogP contribution in [0.15, 0.2) is 12.7 Å². The van der Waals surface area contributed by atoms with Gasteiger partial charge in [0.25, 0.3) is 0 Å². The molecule has 1 rings (SSSR count). The molecule has 0 saturated carbocycles. The number of hydrogen-bond donors (Lipinski definition) is 0. The second-order valence-electron chi connectivity index (χ2n) is 5.29. The van der Waals surface area contributed by atoms with Gasteiger partial charge in [0.2, 0.25) is 0 Å². The Morgan fingerprint density at radius 2 is 2.00 bits per heavy atom. The van der Waals surface area contributed by atoms with Crippen LogP contribution in [0.5, 0.6) is 0 Å². The number of carbonyl (C=O) groups excluding carboxylic acids is 2. The van der Waals surface area contributed by atoms with Gasteiger partial charge in [-0.05, 0) is 46.1 Å². The Bertz CT molecular complexity index is 317. The zero-order chi connectivity index (χ0) is 13.1. The van der Waals surface area contributed by atoms with Crippen LogP contribution >= 0.6 is 0 Å². The third-order valence-electron chi connectivity index (χ3n) is 2.66. The summed E-state index contributed by atoms with van der Waals surface area (Å²) in [7, 11) is 0. The number of rotatable bonds is 2. The van der Waals surface area contributed by atoms with Gasteiger partial charge in [0.1, 0.15) is 5.60 Å². The van der Waals surface area contributed by atoms with Crippen molar-refractivity contribution in [2.75, 3.05) is 6.54 Å². The summed E-state index contributed by atoms with van der Waals surface area (Å²) in [6, 6.07) is -0.393. The van der Waals surface area contributed by atoms with E-state index >= 15 is 0 Å². The summed E-state index contributed by atoms with van der Waals surface area (Å²) >= 11 is 0. The number of amides is 1. The lowest BCUT2D eigenvalue weighted by molar-refractivity contribution is -0.120. The molecule has 0 aromatic carbocycles. The maximum atomic E-state index is 12.0. The fourth-order valence-corrected chi connectivity index (χ4v) is 1.90. The smallest absolute Gasteiger partial charge is 0.410 e. The minimum atomic E-state index is -0.531. The summed E-state index contributed by atoms with van der Waals surface area (Å²) in [5, 5.41) is 0. The molecule has 1 aliphatic rings. The zero-order valence-electron chi connectivity index (χ0n) is 10.9. The number of hydrogen-bond acceptors (Lipinski definition) is 3. The van der Waals surface area contributed by atoms with Gasteiger partial charge in [-0.2, -0.15) is 0 Å². The molecule has 4 heteroatoms. The van der Waals surface area contributed by atoms with Gasteiger partial charge in [-0.1, -0.05) is 6.58 Å². The lowest BCUT2D eigenvalue weighted by Gasteiger charge is -2.35. The second-order valence-corrected chi connectivity index (χ2v) is 5.29. The average Bonchev–Trinajstić information content (AvgIpc) is 2.25. The van der Waals surface area contributed by atoms with Crippen molar-refractivity contribution in [3.05, 3.63) is 12.7 Å². The molecule has 96 valence electrons. The highest BCUT2D eigenvalue weighted by Crippen LogP contribution is 2.21. The van der Waals surface area contributed by atoms with E-state index in [2.05, 4.69) is 6.58 Å². The number of ether oxygens (including phenoxy) is 1. The van der Waals surface area contributed by atoms with Crippen molar-refractivity contribution in [1.29, 1.82) is 0 Å². The third-order valence-corrected chi connectivity index (χ3v) is 2.66. The van der Waals surface area contributed by atoms with E-state index in [1.165, 1.54) is 11.0 Å². The van der Waals surface area contributed by atoms with Crippen LogP contribution in [0.2, 0.25) is 0 Å². The molecule has 0 unspecified atom stereocenters. The first-order valence-corrected chi connectivity index (χ1v) is 6.01. The first-order valence-electron chi connectivity index (χ1n) is 6.01. The van der Waals surface area contributed by atoms with E-state index in [1.54, 1.807) is 0 Å². The monoisotopic (exact) mass is 239 g/mol. The lowest BCUT2D eigenvalue weighted by atomic mass is 9.99. The van der Waals surface area contributed by atoms with Gasteiger partial charge in [-0.25, -0.2) is 4.79 Å². The Labute approximate surface area is 103 Å². The normalized spacial score (nSPS) is 20.9. The standard InChI is InChI=1S/C13H21NO3/c1-5-11(15)10-8-6-7-9-14(10)12(16)17-13(2,3)4/h5,10H,1,6-9H2,2-4H3/t10-/m0/s1. The molecule has 0 N–H and O–H groups in total. The summed E-state index contributed by atoms with van der Waals surface area (Å²) in [5.74, 6) is -0.101.